The number of benzene rings is 1. The number of carbonyl (C=O) groups excluding carboxylic acids is 1. The van der Waals surface area contributed by atoms with Crippen molar-refractivity contribution in [2.45, 2.75) is 19.1 Å². The predicted molar refractivity (Wildman–Crippen MR) is 88.2 cm³/mol. The highest BCUT2D eigenvalue weighted by molar-refractivity contribution is 5.94. The lowest BCUT2D eigenvalue weighted by Crippen LogP contribution is -2.31. The number of carbonyl (C=O) groups is 1. The minimum Gasteiger partial charge on any atom is -0.388 e. The molecular formula is C18H22N2O3. The van der Waals surface area contributed by atoms with E-state index in [1.54, 1.807) is 4.90 Å². The average Bonchev–Trinajstić information content (AvgIpc) is 3.12. The van der Waals surface area contributed by atoms with Crippen LogP contribution in [0.4, 0.5) is 0 Å². The molecule has 1 aliphatic rings. The molecule has 1 aliphatic heterocycles. The van der Waals surface area contributed by atoms with Crippen molar-refractivity contribution >= 4 is 5.91 Å². The van der Waals surface area contributed by atoms with Crippen LogP contribution >= 0.6 is 0 Å². The molecule has 2 aromatic rings. The van der Waals surface area contributed by atoms with Gasteiger partial charge in [0.25, 0.3) is 5.91 Å². The van der Waals surface area contributed by atoms with Gasteiger partial charge in [-0.15, -0.1) is 0 Å². The first kappa shape index (κ1) is 15.8. The zero-order valence-corrected chi connectivity index (χ0v) is 13.5. The number of ether oxygens (including phenoxy) is 1. The standard InChI is InChI=1S/C18H22N2O3/c1-3-23-17-12-20(11-16(17)21)18(22)15-10-9-14(19(15)2)13-7-5-4-6-8-13/h4-10,16-17,21H,3,11-12H2,1-2H3/t16-,17-/m0/s1. The van der Waals surface area contributed by atoms with Gasteiger partial charge >= 0.3 is 0 Å². The number of nitrogens with zero attached hydrogens (tertiary/aromatic N) is 2. The van der Waals surface area contributed by atoms with Gasteiger partial charge in [0, 0.05) is 32.4 Å². The first-order valence-corrected chi connectivity index (χ1v) is 7.92. The second-order valence-corrected chi connectivity index (χ2v) is 5.80. The lowest BCUT2D eigenvalue weighted by atomic mass is 10.2. The summed E-state index contributed by atoms with van der Waals surface area (Å²) in [6.45, 7) is 3.17. The SMILES string of the molecule is CCO[C@H]1CN(C(=O)c2ccc(-c3ccccc3)n2C)C[C@@H]1O. The van der Waals surface area contributed by atoms with Crippen LogP contribution in [-0.2, 0) is 11.8 Å². The Kier molecular flexibility index (Phi) is 4.50. The summed E-state index contributed by atoms with van der Waals surface area (Å²) < 4.78 is 7.39. The van der Waals surface area contributed by atoms with E-state index >= 15 is 0 Å². The van der Waals surface area contributed by atoms with Gasteiger partial charge in [-0.3, -0.25) is 4.79 Å². The fraction of sp³-hybridized carbons (Fsp3) is 0.389. The third kappa shape index (κ3) is 3.02. The summed E-state index contributed by atoms with van der Waals surface area (Å²) in [4.78, 5) is 14.4. The van der Waals surface area contributed by atoms with E-state index in [1.165, 1.54) is 0 Å². The number of aliphatic hydroxyl groups is 1. The highest BCUT2D eigenvalue weighted by Gasteiger charge is 2.35. The minimum absolute atomic E-state index is 0.0732. The molecule has 0 unspecified atom stereocenters. The molecule has 5 heteroatoms. The third-order valence-electron chi connectivity index (χ3n) is 4.32. The largest absolute Gasteiger partial charge is 0.388 e. The molecule has 0 saturated carbocycles. The van der Waals surface area contributed by atoms with Crippen LogP contribution < -0.4 is 0 Å². The summed E-state index contributed by atoms with van der Waals surface area (Å²) >= 11 is 0. The van der Waals surface area contributed by atoms with E-state index in [0.29, 0.717) is 25.4 Å². The van der Waals surface area contributed by atoms with Gasteiger partial charge in [-0.25, -0.2) is 0 Å². The molecule has 2 heterocycles. The highest BCUT2D eigenvalue weighted by atomic mass is 16.5. The van der Waals surface area contributed by atoms with Crippen molar-refractivity contribution in [1.82, 2.24) is 9.47 Å². The zero-order valence-electron chi connectivity index (χ0n) is 13.5. The van der Waals surface area contributed by atoms with Crippen molar-refractivity contribution in [3.63, 3.8) is 0 Å². The predicted octanol–water partition coefficient (Wildman–Crippen LogP) is 1.91. The van der Waals surface area contributed by atoms with Crippen molar-refractivity contribution in [1.29, 1.82) is 0 Å². The number of aromatic nitrogens is 1. The number of hydrogen-bond acceptors (Lipinski definition) is 3. The van der Waals surface area contributed by atoms with Crippen molar-refractivity contribution < 1.29 is 14.6 Å². The van der Waals surface area contributed by atoms with Crippen LogP contribution in [0, 0.1) is 0 Å². The molecule has 1 amide bonds. The molecule has 0 radical (unpaired) electrons. The number of aliphatic hydroxyl groups excluding tert-OH is 1. The van der Waals surface area contributed by atoms with E-state index in [9.17, 15) is 9.90 Å². The molecule has 3 rings (SSSR count). The summed E-state index contributed by atoms with van der Waals surface area (Å²) in [5.41, 5.74) is 2.69. The van der Waals surface area contributed by atoms with Crippen molar-refractivity contribution in [2.24, 2.45) is 7.05 Å². The Morgan fingerprint density at radius 3 is 2.65 bits per heavy atom. The normalized spacial score (nSPS) is 20.9. The van der Waals surface area contributed by atoms with Crippen LogP contribution in [-0.4, -0.2) is 52.4 Å². The Hall–Kier alpha value is -2.11. The lowest BCUT2D eigenvalue weighted by molar-refractivity contribution is -0.00237. The van der Waals surface area contributed by atoms with Crippen molar-refractivity contribution in [2.75, 3.05) is 19.7 Å². The molecule has 23 heavy (non-hydrogen) atoms. The van der Waals surface area contributed by atoms with Gasteiger partial charge in [0.05, 0.1) is 6.10 Å². The fourth-order valence-corrected chi connectivity index (χ4v) is 3.09. The van der Waals surface area contributed by atoms with Crippen LogP contribution in [0.15, 0.2) is 42.5 Å². The van der Waals surface area contributed by atoms with Crippen LogP contribution in [0.2, 0.25) is 0 Å². The number of rotatable bonds is 4. The molecule has 1 aromatic carbocycles. The van der Waals surface area contributed by atoms with E-state index in [-0.39, 0.29) is 12.0 Å². The van der Waals surface area contributed by atoms with Crippen molar-refractivity contribution in [3.8, 4) is 11.3 Å². The van der Waals surface area contributed by atoms with Crippen LogP contribution in [0.5, 0.6) is 0 Å². The molecule has 0 bridgehead atoms. The monoisotopic (exact) mass is 314 g/mol. The summed E-state index contributed by atoms with van der Waals surface area (Å²) in [7, 11) is 1.89. The minimum atomic E-state index is -0.618. The highest BCUT2D eigenvalue weighted by Crippen LogP contribution is 2.23. The van der Waals surface area contributed by atoms with E-state index in [0.717, 1.165) is 11.3 Å². The van der Waals surface area contributed by atoms with Gasteiger partial charge in [0.2, 0.25) is 0 Å². The van der Waals surface area contributed by atoms with E-state index < -0.39 is 6.10 Å². The maximum Gasteiger partial charge on any atom is 0.270 e. The Balaban J connectivity index is 1.80. The molecule has 1 fully saturated rings. The van der Waals surface area contributed by atoms with Crippen LogP contribution in [0.25, 0.3) is 11.3 Å². The number of β-amino-alcohol motifs (C(OH)–C–C–N with tert-alkyl or cyclic N) is 1. The van der Waals surface area contributed by atoms with Crippen LogP contribution in [0.1, 0.15) is 17.4 Å². The van der Waals surface area contributed by atoms with Gasteiger partial charge in [0.1, 0.15) is 11.8 Å². The second kappa shape index (κ2) is 6.56. The molecule has 1 N–H and O–H groups in total. The topological polar surface area (TPSA) is 54.7 Å². The second-order valence-electron chi connectivity index (χ2n) is 5.80. The van der Waals surface area contributed by atoms with Crippen molar-refractivity contribution in [3.05, 3.63) is 48.2 Å². The third-order valence-corrected chi connectivity index (χ3v) is 4.32. The summed E-state index contributed by atoms with van der Waals surface area (Å²) in [6, 6.07) is 13.8. The zero-order chi connectivity index (χ0) is 16.4. The molecule has 1 saturated heterocycles. The summed E-state index contributed by atoms with van der Waals surface area (Å²) in [6.07, 6.45) is -0.912. The first-order valence-electron chi connectivity index (χ1n) is 7.92. The summed E-state index contributed by atoms with van der Waals surface area (Å²) in [5, 5.41) is 10.0. The number of amides is 1. The molecule has 1 aromatic heterocycles. The van der Waals surface area contributed by atoms with E-state index in [2.05, 4.69) is 0 Å². The van der Waals surface area contributed by atoms with Gasteiger partial charge in [0.15, 0.2) is 0 Å². The van der Waals surface area contributed by atoms with E-state index in [4.69, 9.17) is 4.74 Å². The smallest absolute Gasteiger partial charge is 0.270 e. The quantitative estimate of drug-likeness (QED) is 0.938. The van der Waals surface area contributed by atoms with E-state index in [1.807, 2.05) is 61.0 Å². The van der Waals surface area contributed by atoms with Gasteiger partial charge in [-0.05, 0) is 24.6 Å². The van der Waals surface area contributed by atoms with Gasteiger partial charge < -0.3 is 19.3 Å². The van der Waals surface area contributed by atoms with Gasteiger partial charge in [-0.1, -0.05) is 30.3 Å². The molecule has 2 atom stereocenters. The maximum absolute atomic E-state index is 12.7. The first-order chi connectivity index (χ1) is 11.1. The molecule has 122 valence electrons. The lowest BCUT2D eigenvalue weighted by Gasteiger charge is -2.17. The average molecular weight is 314 g/mol. The fourth-order valence-electron chi connectivity index (χ4n) is 3.09. The Bertz CT molecular complexity index is 681. The molecule has 0 aliphatic carbocycles. The maximum atomic E-state index is 12.7. The van der Waals surface area contributed by atoms with Crippen LogP contribution in [0.3, 0.4) is 0 Å². The number of likely N-dealkylation sites (tertiary alicyclic amines) is 1. The Labute approximate surface area is 136 Å². The summed E-state index contributed by atoms with van der Waals surface area (Å²) in [5.74, 6) is -0.0732. The molecule has 5 nitrogen and oxygen atoms in total. The Morgan fingerprint density at radius 2 is 1.96 bits per heavy atom. The van der Waals surface area contributed by atoms with Gasteiger partial charge in [-0.2, -0.15) is 0 Å². The number of hydrogen-bond donors (Lipinski definition) is 1. The molecule has 0 spiro atoms. The molecular weight excluding hydrogens is 292 g/mol. The Morgan fingerprint density at radius 1 is 1.22 bits per heavy atom.